The van der Waals surface area contributed by atoms with E-state index in [1.807, 2.05) is 24.3 Å². The number of carboxylic acid groups (broad SMARTS) is 1. The molecule has 0 fully saturated rings. The number of rotatable bonds is 5. The van der Waals surface area contributed by atoms with Crippen LogP contribution in [0.4, 0.5) is 5.69 Å². The van der Waals surface area contributed by atoms with Crippen molar-refractivity contribution >= 4 is 28.3 Å². The first-order valence-corrected chi connectivity index (χ1v) is 8.58. The smallest absolute Gasteiger partial charge is 0.339 e. The molecule has 0 bridgehead atoms. The van der Waals surface area contributed by atoms with Crippen molar-refractivity contribution < 1.29 is 14.7 Å². The van der Waals surface area contributed by atoms with Crippen molar-refractivity contribution in [1.82, 2.24) is 19.6 Å². The second-order valence-corrected chi connectivity index (χ2v) is 6.39. The first-order valence-electron chi connectivity index (χ1n) is 8.58. The monoisotopic (exact) mass is 375 g/mol. The first kappa shape index (κ1) is 17.5. The lowest BCUT2D eigenvalue weighted by Gasteiger charge is -2.06. The Hall–Kier alpha value is -3.94. The average Bonchev–Trinajstić information content (AvgIpc) is 3.28. The van der Waals surface area contributed by atoms with Gasteiger partial charge in [0.2, 0.25) is 0 Å². The first-order chi connectivity index (χ1) is 13.5. The van der Waals surface area contributed by atoms with Crippen LogP contribution in [0.25, 0.3) is 10.8 Å². The lowest BCUT2D eigenvalue weighted by Crippen LogP contribution is -2.16. The molecule has 0 saturated heterocycles. The van der Waals surface area contributed by atoms with E-state index in [-0.39, 0.29) is 11.3 Å². The fourth-order valence-electron chi connectivity index (χ4n) is 3.12. The molecule has 2 heterocycles. The maximum atomic E-state index is 12.4. The van der Waals surface area contributed by atoms with Crippen molar-refractivity contribution in [2.24, 2.45) is 7.05 Å². The van der Waals surface area contributed by atoms with Gasteiger partial charge in [-0.05, 0) is 16.3 Å². The number of aromatic carboxylic acids is 1. The van der Waals surface area contributed by atoms with E-state index >= 15 is 0 Å². The van der Waals surface area contributed by atoms with E-state index in [4.69, 9.17) is 0 Å². The Morgan fingerprint density at radius 1 is 1.11 bits per heavy atom. The third kappa shape index (κ3) is 3.35. The number of carbonyl (C=O) groups is 2. The Morgan fingerprint density at radius 3 is 2.71 bits per heavy atom. The van der Waals surface area contributed by atoms with Gasteiger partial charge in [0.15, 0.2) is 5.69 Å². The van der Waals surface area contributed by atoms with Gasteiger partial charge in [-0.25, -0.2) is 4.79 Å². The molecule has 0 aliphatic heterocycles. The maximum Gasteiger partial charge on any atom is 0.339 e. The molecule has 0 aliphatic rings. The molecule has 2 N–H and O–H groups in total. The highest BCUT2D eigenvalue weighted by molar-refractivity contribution is 6.09. The second kappa shape index (κ2) is 6.99. The third-order valence-corrected chi connectivity index (χ3v) is 4.38. The molecule has 2 aromatic heterocycles. The molecule has 0 unspecified atom stereocenters. The topological polar surface area (TPSA) is 102 Å². The summed E-state index contributed by atoms with van der Waals surface area (Å²) in [6.07, 6.45) is 4.51. The summed E-state index contributed by atoms with van der Waals surface area (Å²) in [6.45, 7) is 0.543. The molecule has 140 valence electrons. The molecule has 8 heteroatoms. The van der Waals surface area contributed by atoms with Crippen LogP contribution in [0, 0.1) is 0 Å². The van der Waals surface area contributed by atoms with Gasteiger partial charge in [0.25, 0.3) is 5.91 Å². The van der Waals surface area contributed by atoms with Crippen LogP contribution < -0.4 is 5.32 Å². The highest BCUT2D eigenvalue weighted by atomic mass is 16.4. The summed E-state index contributed by atoms with van der Waals surface area (Å²) >= 11 is 0. The summed E-state index contributed by atoms with van der Waals surface area (Å²) in [5, 5.41) is 22.4. The fourth-order valence-corrected chi connectivity index (χ4v) is 3.12. The van der Waals surface area contributed by atoms with Crippen molar-refractivity contribution in [3.8, 4) is 0 Å². The zero-order valence-electron chi connectivity index (χ0n) is 15.0. The second-order valence-electron chi connectivity index (χ2n) is 6.39. The fraction of sp³-hybridized carbons (Fsp3) is 0.100. The number of aryl methyl sites for hydroxylation is 1. The minimum Gasteiger partial charge on any atom is -0.478 e. The maximum absolute atomic E-state index is 12.4. The Balaban J connectivity index is 1.53. The van der Waals surface area contributed by atoms with Gasteiger partial charge >= 0.3 is 5.97 Å². The molecule has 28 heavy (non-hydrogen) atoms. The molecule has 0 saturated carbocycles. The van der Waals surface area contributed by atoms with E-state index in [2.05, 4.69) is 33.7 Å². The number of hydrogen-bond acceptors (Lipinski definition) is 4. The number of hydrogen-bond donors (Lipinski definition) is 2. The van der Waals surface area contributed by atoms with E-state index in [9.17, 15) is 14.7 Å². The lowest BCUT2D eigenvalue weighted by molar-refractivity contribution is 0.0692. The Kier molecular flexibility index (Phi) is 4.36. The van der Waals surface area contributed by atoms with E-state index in [1.165, 1.54) is 17.1 Å². The van der Waals surface area contributed by atoms with E-state index in [0.717, 1.165) is 16.3 Å². The quantitative estimate of drug-likeness (QED) is 0.558. The molecule has 4 aromatic rings. The third-order valence-electron chi connectivity index (χ3n) is 4.38. The number of carbonyl (C=O) groups excluding carboxylic acids is 1. The predicted molar refractivity (Wildman–Crippen MR) is 103 cm³/mol. The number of carboxylic acids is 1. The molecular weight excluding hydrogens is 358 g/mol. The summed E-state index contributed by atoms with van der Waals surface area (Å²) in [5.41, 5.74) is 1.28. The molecule has 4 rings (SSSR count). The summed E-state index contributed by atoms with van der Waals surface area (Å²) in [7, 11) is 1.56. The minimum absolute atomic E-state index is 0.142. The summed E-state index contributed by atoms with van der Waals surface area (Å²) in [6, 6.07) is 14.2. The Bertz CT molecular complexity index is 1190. The number of nitrogens with zero attached hydrogens (tertiary/aromatic N) is 4. The van der Waals surface area contributed by atoms with Crippen LogP contribution in [0.2, 0.25) is 0 Å². The summed E-state index contributed by atoms with van der Waals surface area (Å²) < 4.78 is 3.01. The molecular formula is C20H17N5O3. The van der Waals surface area contributed by atoms with Crippen LogP contribution in [-0.2, 0) is 13.6 Å². The Morgan fingerprint density at radius 2 is 1.89 bits per heavy atom. The van der Waals surface area contributed by atoms with Gasteiger partial charge in [-0.15, -0.1) is 0 Å². The number of fused-ring (bicyclic) bond motifs is 1. The molecule has 1 amide bonds. The highest BCUT2D eigenvalue weighted by Crippen LogP contribution is 2.20. The van der Waals surface area contributed by atoms with Gasteiger partial charge in [-0.2, -0.15) is 10.2 Å². The molecule has 0 spiro atoms. The molecule has 0 radical (unpaired) electrons. The van der Waals surface area contributed by atoms with Crippen LogP contribution in [0.5, 0.6) is 0 Å². The summed E-state index contributed by atoms with van der Waals surface area (Å²) in [5.74, 6) is -1.80. The van der Waals surface area contributed by atoms with Crippen LogP contribution in [0.15, 0.2) is 61.1 Å². The standard InChI is InChI=1S/C20H17N5O3/c1-24-12-17(20(27)28)18(23-24)19(26)22-15-9-21-25(11-15)10-14-7-4-6-13-5-2-3-8-16(13)14/h2-9,11-12H,10H2,1H3,(H,22,26)(H,27,28). The van der Waals surface area contributed by atoms with Gasteiger partial charge in [0.05, 0.1) is 18.4 Å². The van der Waals surface area contributed by atoms with Gasteiger partial charge in [-0.3, -0.25) is 14.2 Å². The van der Waals surface area contributed by atoms with Gasteiger partial charge in [0, 0.05) is 19.4 Å². The van der Waals surface area contributed by atoms with Crippen LogP contribution in [0.1, 0.15) is 26.4 Å². The largest absolute Gasteiger partial charge is 0.478 e. The molecule has 0 atom stereocenters. The van der Waals surface area contributed by atoms with Crippen molar-refractivity contribution in [2.45, 2.75) is 6.54 Å². The van der Waals surface area contributed by atoms with E-state index in [0.29, 0.717) is 12.2 Å². The highest BCUT2D eigenvalue weighted by Gasteiger charge is 2.21. The summed E-state index contributed by atoms with van der Waals surface area (Å²) in [4.78, 5) is 23.7. The Labute approximate surface area is 160 Å². The van der Waals surface area contributed by atoms with Crippen molar-refractivity contribution in [3.05, 3.63) is 77.9 Å². The molecule has 2 aromatic carbocycles. The molecule has 8 nitrogen and oxygen atoms in total. The minimum atomic E-state index is -1.20. The van der Waals surface area contributed by atoms with E-state index in [1.54, 1.807) is 17.9 Å². The SMILES string of the molecule is Cn1cc(C(=O)O)c(C(=O)Nc2cnn(Cc3cccc4ccccc34)c2)n1. The number of nitrogens with one attached hydrogen (secondary N) is 1. The predicted octanol–water partition coefficient (Wildman–Crippen LogP) is 2.77. The zero-order valence-corrected chi connectivity index (χ0v) is 15.0. The van der Waals surface area contributed by atoms with Gasteiger partial charge < -0.3 is 10.4 Å². The number of anilines is 1. The lowest BCUT2D eigenvalue weighted by atomic mass is 10.0. The number of amides is 1. The molecule has 0 aliphatic carbocycles. The zero-order chi connectivity index (χ0) is 19.7. The van der Waals surface area contributed by atoms with Crippen molar-refractivity contribution in [3.63, 3.8) is 0 Å². The normalized spacial score (nSPS) is 10.9. The van der Waals surface area contributed by atoms with Gasteiger partial charge in [-0.1, -0.05) is 42.5 Å². The van der Waals surface area contributed by atoms with Crippen LogP contribution in [0.3, 0.4) is 0 Å². The van der Waals surface area contributed by atoms with Crippen LogP contribution >= 0.6 is 0 Å². The van der Waals surface area contributed by atoms with Crippen molar-refractivity contribution in [2.75, 3.05) is 5.32 Å². The van der Waals surface area contributed by atoms with E-state index < -0.39 is 11.9 Å². The number of aromatic nitrogens is 4. The average molecular weight is 375 g/mol. The number of benzene rings is 2. The van der Waals surface area contributed by atoms with Crippen molar-refractivity contribution in [1.29, 1.82) is 0 Å². The van der Waals surface area contributed by atoms with Gasteiger partial charge in [0.1, 0.15) is 5.56 Å². The van der Waals surface area contributed by atoms with Crippen LogP contribution in [-0.4, -0.2) is 36.5 Å².